The Morgan fingerprint density at radius 2 is 1.35 bits per heavy atom. The van der Waals surface area contributed by atoms with Gasteiger partial charge in [-0.05, 0) is 67.3 Å². The summed E-state index contributed by atoms with van der Waals surface area (Å²) >= 11 is 0. The summed E-state index contributed by atoms with van der Waals surface area (Å²) in [5.74, 6) is 0.226. The fourth-order valence-electron chi connectivity index (χ4n) is 2.69. The molecule has 26 heavy (non-hydrogen) atoms. The van der Waals surface area contributed by atoms with Crippen molar-refractivity contribution in [3.05, 3.63) is 53.6 Å². The van der Waals surface area contributed by atoms with E-state index < -0.39 is 0 Å². The largest absolute Gasteiger partial charge is 0.376 e. The van der Waals surface area contributed by atoms with Crippen LogP contribution in [0.15, 0.2) is 42.5 Å². The van der Waals surface area contributed by atoms with Crippen LogP contribution in [0.2, 0.25) is 0 Å². The lowest BCUT2D eigenvalue weighted by Crippen LogP contribution is -2.21. The fraction of sp³-hybridized carbons (Fsp3) is 0.333. The topological polar surface area (TPSA) is 70.2 Å². The highest BCUT2D eigenvalue weighted by Crippen LogP contribution is 2.15. The second-order valence-electron chi connectivity index (χ2n) is 7.00. The number of benzene rings is 2. The van der Waals surface area contributed by atoms with Crippen LogP contribution in [0.3, 0.4) is 0 Å². The average Bonchev–Trinajstić information content (AvgIpc) is 2.52. The molecule has 0 atom stereocenters. The van der Waals surface area contributed by atoms with Crippen molar-refractivity contribution in [3.63, 3.8) is 0 Å². The maximum Gasteiger partial charge on any atom is 0.243 e. The van der Waals surface area contributed by atoms with Crippen LogP contribution < -0.4 is 16.0 Å². The second kappa shape index (κ2) is 9.04. The number of aryl methyl sites for hydroxylation is 2. The Bertz CT molecular complexity index is 747. The van der Waals surface area contributed by atoms with Crippen LogP contribution in [0.5, 0.6) is 0 Å². The van der Waals surface area contributed by atoms with E-state index in [-0.39, 0.29) is 18.4 Å². The van der Waals surface area contributed by atoms with Gasteiger partial charge in [0.15, 0.2) is 0 Å². The number of rotatable bonds is 7. The Morgan fingerprint density at radius 3 is 1.92 bits per heavy atom. The van der Waals surface area contributed by atoms with Gasteiger partial charge in [0, 0.05) is 23.5 Å². The molecule has 0 aliphatic carbocycles. The van der Waals surface area contributed by atoms with Crippen molar-refractivity contribution in [1.29, 1.82) is 0 Å². The standard InChI is InChI=1S/C21H27N3O2/c1-14(2)9-20(25)23-18-7-5-17(6-8-18)22-13-21(26)24-19-11-15(3)10-16(4)12-19/h5-8,10-12,14,22H,9,13H2,1-4H3,(H,23,25)(H,24,26). The highest BCUT2D eigenvalue weighted by molar-refractivity contribution is 5.94. The normalized spacial score (nSPS) is 10.5. The van der Waals surface area contributed by atoms with Crippen LogP contribution in [0, 0.1) is 19.8 Å². The summed E-state index contributed by atoms with van der Waals surface area (Å²) in [6, 6.07) is 13.3. The first-order chi connectivity index (χ1) is 12.3. The molecule has 2 amide bonds. The molecule has 5 nitrogen and oxygen atoms in total. The number of hydrogen-bond donors (Lipinski definition) is 3. The van der Waals surface area contributed by atoms with Gasteiger partial charge in [-0.3, -0.25) is 9.59 Å². The predicted octanol–water partition coefficient (Wildman–Crippen LogP) is 4.34. The Morgan fingerprint density at radius 1 is 0.808 bits per heavy atom. The van der Waals surface area contributed by atoms with E-state index in [0.717, 1.165) is 28.2 Å². The monoisotopic (exact) mass is 353 g/mol. The molecule has 0 fully saturated rings. The number of amides is 2. The molecule has 0 aromatic heterocycles. The van der Waals surface area contributed by atoms with E-state index in [0.29, 0.717) is 12.3 Å². The van der Waals surface area contributed by atoms with E-state index in [4.69, 9.17) is 0 Å². The maximum absolute atomic E-state index is 12.1. The quantitative estimate of drug-likeness (QED) is 0.693. The molecule has 5 heteroatoms. The summed E-state index contributed by atoms with van der Waals surface area (Å²) in [7, 11) is 0. The summed E-state index contributed by atoms with van der Waals surface area (Å²) in [5.41, 5.74) is 4.60. The zero-order chi connectivity index (χ0) is 19.1. The minimum atomic E-state index is -0.107. The second-order valence-corrected chi connectivity index (χ2v) is 7.00. The maximum atomic E-state index is 12.1. The SMILES string of the molecule is Cc1cc(C)cc(NC(=O)CNc2ccc(NC(=O)CC(C)C)cc2)c1. The van der Waals surface area contributed by atoms with Gasteiger partial charge in [0.2, 0.25) is 11.8 Å². The number of hydrogen-bond acceptors (Lipinski definition) is 3. The van der Waals surface area contributed by atoms with Crippen LogP contribution in [0.4, 0.5) is 17.1 Å². The fourth-order valence-corrected chi connectivity index (χ4v) is 2.69. The minimum Gasteiger partial charge on any atom is -0.376 e. The first-order valence-electron chi connectivity index (χ1n) is 8.84. The molecule has 0 heterocycles. The molecular weight excluding hydrogens is 326 g/mol. The van der Waals surface area contributed by atoms with E-state index >= 15 is 0 Å². The van der Waals surface area contributed by atoms with Crippen LogP contribution in [0.1, 0.15) is 31.4 Å². The molecule has 0 radical (unpaired) electrons. The van der Waals surface area contributed by atoms with Crippen molar-refractivity contribution in [3.8, 4) is 0 Å². The summed E-state index contributed by atoms with van der Waals surface area (Å²) < 4.78 is 0. The van der Waals surface area contributed by atoms with Gasteiger partial charge in [-0.1, -0.05) is 19.9 Å². The molecule has 0 bridgehead atoms. The van der Waals surface area contributed by atoms with Crippen molar-refractivity contribution in [2.24, 2.45) is 5.92 Å². The molecule has 138 valence electrons. The Hall–Kier alpha value is -2.82. The number of carbonyl (C=O) groups is 2. The van der Waals surface area contributed by atoms with Crippen molar-refractivity contribution in [1.82, 2.24) is 0 Å². The van der Waals surface area contributed by atoms with Crippen LogP contribution in [-0.2, 0) is 9.59 Å². The Balaban J connectivity index is 1.83. The summed E-state index contributed by atoms with van der Waals surface area (Å²) in [5, 5.41) is 8.84. The van der Waals surface area contributed by atoms with E-state index in [9.17, 15) is 9.59 Å². The van der Waals surface area contributed by atoms with Gasteiger partial charge in [-0.25, -0.2) is 0 Å². The van der Waals surface area contributed by atoms with Crippen LogP contribution in [-0.4, -0.2) is 18.4 Å². The average molecular weight is 353 g/mol. The third-order valence-electron chi connectivity index (χ3n) is 3.72. The predicted molar refractivity (Wildman–Crippen MR) is 108 cm³/mol. The Kier molecular flexibility index (Phi) is 6.78. The zero-order valence-corrected chi connectivity index (χ0v) is 15.8. The molecule has 0 aliphatic rings. The van der Waals surface area contributed by atoms with Gasteiger partial charge in [-0.15, -0.1) is 0 Å². The first-order valence-corrected chi connectivity index (χ1v) is 8.84. The molecule has 2 aromatic rings. The molecule has 3 N–H and O–H groups in total. The van der Waals surface area contributed by atoms with Crippen LogP contribution >= 0.6 is 0 Å². The summed E-state index contributed by atoms with van der Waals surface area (Å²) in [6.07, 6.45) is 0.499. The number of carbonyl (C=O) groups excluding carboxylic acids is 2. The molecule has 0 saturated heterocycles. The third-order valence-corrected chi connectivity index (χ3v) is 3.72. The third kappa shape index (κ3) is 6.59. The van der Waals surface area contributed by atoms with Crippen molar-refractivity contribution >= 4 is 28.9 Å². The lowest BCUT2D eigenvalue weighted by Gasteiger charge is -2.11. The first kappa shape index (κ1) is 19.5. The Labute approximate surface area is 155 Å². The lowest BCUT2D eigenvalue weighted by molar-refractivity contribution is -0.117. The van der Waals surface area contributed by atoms with Gasteiger partial charge < -0.3 is 16.0 Å². The highest BCUT2D eigenvalue weighted by atomic mass is 16.2. The van der Waals surface area contributed by atoms with Gasteiger partial charge in [-0.2, -0.15) is 0 Å². The zero-order valence-electron chi connectivity index (χ0n) is 15.8. The molecule has 0 aliphatic heterocycles. The van der Waals surface area contributed by atoms with Gasteiger partial charge in [0.25, 0.3) is 0 Å². The molecule has 0 unspecified atom stereocenters. The van der Waals surface area contributed by atoms with E-state index in [1.807, 2.05) is 64.1 Å². The molecule has 0 spiro atoms. The molecule has 0 saturated carbocycles. The van der Waals surface area contributed by atoms with Gasteiger partial charge >= 0.3 is 0 Å². The van der Waals surface area contributed by atoms with Gasteiger partial charge in [0.1, 0.15) is 0 Å². The molecule has 2 aromatic carbocycles. The van der Waals surface area contributed by atoms with Crippen LogP contribution in [0.25, 0.3) is 0 Å². The summed E-state index contributed by atoms with van der Waals surface area (Å²) in [6.45, 7) is 8.20. The van der Waals surface area contributed by atoms with E-state index in [1.165, 1.54) is 0 Å². The van der Waals surface area contributed by atoms with Crippen molar-refractivity contribution in [2.75, 3.05) is 22.5 Å². The minimum absolute atomic E-state index is 0.00790. The van der Waals surface area contributed by atoms with Crippen molar-refractivity contribution < 1.29 is 9.59 Å². The molecular formula is C21H27N3O2. The highest BCUT2D eigenvalue weighted by Gasteiger charge is 2.06. The van der Waals surface area contributed by atoms with Crippen molar-refractivity contribution in [2.45, 2.75) is 34.1 Å². The van der Waals surface area contributed by atoms with E-state index in [2.05, 4.69) is 22.0 Å². The number of anilines is 3. The summed E-state index contributed by atoms with van der Waals surface area (Å²) in [4.78, 5) is 23.9. The lowest BCUT2D eigenvalue weighted by atomic mass is 10.1. The molecule has 2 rings (SSSR count). The van der Waals surface area contributed by atoms with E-state index in [1.54, 1.807) is 0 Å². The van der Waals surface area contributed by atoms with Gasteiger partial charge in [0.05, 0.1) is 6.54 Å². The number of nitrogens with one attached hydrogen (secondary N) is 3. The smallest absolute Gasteiger partial charge is 0.243 e.